The number of esters is 1. The minimum Gasteiger partial charge on any atom is -0.508 e. The Labute approximate surface area is 163 Å². The number of phenols is 1. The summed E-state index contributed by atoms with van der Waals surface area (Å²) >= 11 is 3.85. The molecule has 0 aliphatic carbocycles. The van der Waals surface area contributed by atoms with Crippen LogP contribution < -0.4 is 5.32 Å². The molecule has 0 radical (unpaired) electrons. The van der Waals surface area contributed by atoms with E-state index in [2.05, 4.69) is 17.9 Å². The molecule has 2 aromatic rings. The lowest BCUT2D eigenvalue weighted by molar-refractivity contribution is -0.140. The second-order valence-corrected chi connectivity index (χ2v) is 6.31. The molecule has 0 saturated carbocycles. The normalized spacial score (nSPS) is 11.5. The molecule has 0 aliphatic rings. The Morgan fingerprint density at radius 1 is 1.11 bits per heavy atom. The topological polar surface area (TPSA) is 84.9 Å². The highest BCUT2D eigenvalue weighted by molar-refractivity contribution is 7.81. The number of ether oxygens (including phenoxy) is 2. The van der Waals surface area contributed by atoms with E-state index >= 15 is 0 Å². The number of aromatic hydroxyl groups is 1. The lowest BCUT2D eigenvalue weighted by Crippen LogP contribution is -2.18. The molecule has 6 nitrogen and oxygen atoms in total. The van der Waals surface area contributed by atoms with E-state index in [1.54, 1.807) is 24.3 Å². The zero-order chi connectivity index (χ0) is 19.6. The molecule has 0 saturated heterocycles. The summed E-state index contributed by atoms with van der Waals surface area (Å²) < 4.78 is 10.6. The predicted molar refractivity (Wildman–Crippen MR) is 106 cm³/mol. The van der Waals surface area contributed by atoms with Crippen LogP contribution in [0.5, 0.6) is 5.75 Å². The van der Waals surface area contributed by atoms with Crippen molar-refractivity contribution in [3.8, 4) is 5.75 Å². The lowest BCUT2D eigenvalue weighted by Gasteiger charge is -2.19. The van der Waals surface area contributed by atoms with Crippen LogP contribution in [0.15, 0.2) is 48.5 Å². The van der Waals surface area contributed by atoms with Gasteiger partial charge in [-0.1, -0.05) is 29.8 Å². The summed E-state index contributed by atoms with van der Waals surface area (Å²) in [5.41, 5.74) is 2.47. The largest absolute Gasteiger partial charge is 0.508 e. The van der Waals surface area contributed by atoms with Crippen LogP contribution in [0.4, 0.5) is 10.5 Å². The predicted octanol–water partition coefficient (Wildman–Crippen LogP) is 4.24. The Morgan fingerprint density at radius 2 is 1.78 bits per heavy atom. The maximum absolute atomic E-state index is 12.3. The fraction of sp³-hybridized carbons (Fsp3) is 0.300. The summed E-state index contributed by atoms with van der Waals surface area (Å²) in [5, 5.41) is 12.1. The van der Waals surface area contributed by atoms with Gasteiger partial charge in [0.1, 0.15) is 11.9 Å². The second kappa shape index (κ2) is 10.5. The van der Waals surface area contributed by atoms with Gasteiger partial charge in [0, 0.05) is 5.69 Å². The van der Waals surface area contributed by atoms with Crippen LogP contribution in [0.1, 0.15) is 30.1 Å². The maximum Gasteiger partial charge on any atom is 0.412 e. The van der Waals surface area contributed by atoms with Gasteiger partial charge in [-0.15, -0.1) is 0 Å². The molecule has 0 fully saturated rings. The highest BCUT2D eigenvalue weighted by Crippen LogP contribution is 2.25. The van der Waals surface area contributed by atoms with Crippen LogP contribution in [-0.4, -0.2) is 29.5 Å². The molecule has 0 unspecified atom stereocenters. The number of hydrogen-bond donors (Lipinski definition) is 3. The number of carbonyl (C=O) groups excluding carboxylic acids is 2. The summed E-state index contributed by atoms with van der Waals surface area (Å²) in [5.74, 6) is -0.238. The number of amides is 1. The van der Waals surface area contributed by atoms with Gasteiger partial charge in [-0.25, -0.2) is 4.79 Å². The first-order valence-corrected chi connectivity index (χ1v) is 9.21. The van der Waals surface area contributed by atoms with Crippen molar-refractivity contribution < 1.29 is 24.2 Å². The fourth-order valence-electron chi connectivity index (χ4n) is 2.40. The summed E-state index contributed by atoms with van der Waals surface area (Å²) in [4.78, 5) is 23.4. The number of thiol groups is 1. The third kappa shape index (κ3) is 7.22. The van der Waals surface area contributed by atoms with Gasteiger partial charge in [-0.05, 0) is 49.6 Å². The van der Waals surface area contributed by atoms with E-state index in [4.69, 9.17) is 9.47 Å². The van der Waals surface area contributed by atoms with Crippen LogP contribution in [0.25, 0.3) is 0 Å². The minimum absolute atomic E-state index is 0.0246. The van der Waals surface area contributed by atoms with Crippen molar-refractivity contribution >= 4 is 30.4 Å². The van der Waals surface area contributed by atoms with Crippen LogP contribution in [0, 0.1) is 6.92 Å². The minimum atomic E-state index is -0.579. The fourth-order valence-corrected chi connectivity index (χ4v) is 2.49. The first kappa shape index (κ1) is 20.6. The van der Waals surface area contributed by atoms with Crippen molar-refractivity contribution in [2.45, 2.75) is 25.9 Å². The average molecular weight is 389 g/mol. The number of rotatable bonds is 8. The number of nitrogens with one attached hydrogen (secondary N) is 1. The van der Waals surface area contributed by atoms with Gasteiger partial charge in [0.2, 0.25) is 0 Å². The first-order chi connectivity index (χ1) is 13.0. The van der Waals surface area contributed by atoms with Crippen LogP contribution in [-0.2, 0) is 14.3 Å². The van der Waals surface area contributed by atoms with E-state index < -0.39 is 18.2 Å². The zero-order valence-electron chi connectivity index (χ0n) is 15.1. The van der Waals surface area contributed by atoms with Gasteiger partial charge >= 0.3 is 12.1 Å². The third-order valence-corrected chi connectivity index (χ3v) is 4.07. The van der Waals surface area contributed by atoms with Crippen molar-refractivity contribution in [1.29, 1.82) is 0 Å². The summed E-state index contributed by atoms with van der Waals surface area (Å²) in [6.07, 6.45) is -0.135. The number of carbonyl (C=O) groups is 2. The quantitative estimate of drug-likeness (QED) is 0.357. The smallest absolute Gasteiger partial charge is 0.412 e. The average Bonchev–Trinajstić information content (AvgIpc) is 2.66. The highest BCUT2D eigenvalue weighted by atomic mass is 32.1. The molecule has 0 heterocycles. The van der Waals surface area contributed by atoms with Crippen LogP contribution >= 0.6 is 12.6 Å². The zero-order valence-corrected chi connectivity index (χ0v) is 15.9. The lowest BCUT2D eigenvalue weighted by atomic mass is 10.0. The molecule has 0 spiro atoms. The number of phenolic OH excluding ortho intramolecular Hbond substituents is 1. The Hall–Kier alpha value is -2.67. The van der Waals surface area contributed by atoms with E-state index in [1.807, 2.05) is 19.1 Å². The van der Waals surface area contributed by atoms with Crippen molar-refractivity contribution in [2.75, 3.05) is 17.7 Å². The summed E-state index contributed by atoms with van der Waals surface area (Å²) in [6.45, 7) is 2.18. The Kier molecular flexibility index (Phi) is 8.00. The van der Waals surface area contributed by atoms with E-state index in [9.17, 15) is 14.7 Å². The number of anilines is 1. The summed E-state index contributed by atoms with van der Waals surface area (Å²) in [6, 6.07) is 13.8. The van der Waals surface area contributed by atoms with Crippen LogP contribution in [0.2, 0.25) is 0 Å². The van der Waals surface area contributed by atoms with E-state index in [0.717, 1.165) is 11.1 Å². The molecular formula is C20H23NO5S. The van der Waals surface area contributed by atoms with E-state index in [1.165, 1.54) is 12.1 Å². The molecule has 0 aromatic heterocycles. The molecule has 7 heteroatoms. The van der Waals surface area contributed by atoms with E-state index in [-0.39, 0.29) is 18.1 Å². The number of hydrogen-bond acceptors (Lipinski definition) is 6. The molecule has 0 bridgehead atoms. The standard InChI is InChI=1S/C20H23NO5S/c1-14-4-8-16(9-5-14)21-20(24)26-18(3-2-12-25-19(23)13-27)15-6-10-17(22)11-7-15/h4-11,18,22,27H,2-3,12-13H2,1H3,(H,21,24)/t18-/m1/s1. The number of benzene rings is 2. The molecule has 2 N–H and O–H groups in total. The molecule has 2 aromatic carbocycles. The maximum atomic E-state index is 12.3. The van der Waals surface area contributed by atoms with Crippen molar-refractivity contribution in [1.82, 2.24) is 0 Å². The van der Waals surface area contributed by atoms with Gasteiger partial charge < -0.3 is 14.6 Å². The molecule has 1 amide bonds. The third-order valence-electron chi connectivity index (χ3n) is 3.81. The molecular weight excluding hydrogens is 366 g/mol. The van der Waals surface area contributed by atoms with Crippen molar-refractivity contribution in [2.24, 2.45) is 0 Å². The van der Waals surface area contributed by atoms with Gasteiger partial charge in [0.15, 0.2) is 0 Å². The van der Waals surface area contributed by atoms with Crippen molar-refractivity contribution in [3.63, 3.8) is 0 Å². The SMILES string of the molecule is Cc1ccc(NC(=O)O[C@H](CCCOC(=O)CS)c2ccc(O)cc2)cc1. The monoisotopic (exact) mass is 389 g/mol. The van der Waals surface area contributed by atoms with Gasteiger partial charge in [0.25, 0.3) is 0 Å². The number of aryl methyl sites for hydroxylation is 1. The summed E-state index contributed by atoms with van der Waals surface area (Å²) in [7, 11) is 0. The Balaban J connectivity index is 1.97. The molecule has 1 atom stereocenters. The van der Waals surface area contributed by atoms with Gasteiger partial charge in [0.05, 0.1) is 12.4 Å². The highest BCUT2D eigenvalue weighted by Gasteiger charge is 2.17. The molecule has 0 aliphatic heterocycles. The van der Waals surface area contributed by atoms with Gasteiger partial charge in [-0.2, -0.15) is 12.6 Å². The Bertz CT molecular complexity index is 746. The molecule has 2 rings (SSSR count). The van der Waals surface area contributed by atoms with E-state index in [0.29, 0.717) is 18.5 Å². The Morgan fingerprint density at radius 3 is 2.41 bits per heavy atom. The first-order valence-electron chi connectivity index (χ1n) is 8.57. The van der Waals surface area contributed by atoms with Crippen LogP contribution in [0.3, 0.4) is 0 Å². The van der Waals surface area contributed by atoms with Gasteiger partial charge in [-0.3, -0.25) is 10.1 Å². The van der Waals surface area contributed by atoms with Crippen molar-refractivity contribution in [3.05, 3.63) is 59.7 Å². The molecule has 144 valence electrons. The second-order valence-electron chi connectivity index (χ2n) is 6.00. The molecule has 27 heavy (non-hydrogen) atoms.